The van der Waals surface area contributed by atoms with Crippen molar-refractivity contribution < 1.29 is 19.6 Å². The van der Waals surface area contributed by atoms with Crippen LogP contribution in [0.2, 0.25) is 0 Å². The van der Waals surface area contributed by atoms with Crippen LogP contribution in [-0.2, 0) is 4.74 Å². The molecule has 0 saturated carbocycles. The molecule has 0 radical (unpaired) electrons. The lowest BCUT2D eigenvalue weighted by Crippen LogP contribution is -2.40. The summed E-state index contributed by atoms with van der Waals surface area (Å²) in [6, 6.07) is 3.98. The van der Waals surface area contributed by atoms with E-state index in [1.807, 2.05) is 6.92 Å². The summed E-state index contributed by atoms with van der Waals surface area (Å²) in [5.41, 5.74) is -0.482. The van der Waals surface area contributed by atoms with Gasteiger partial charge in [-0.25, -0.2) is 0 Å². The van der Waals surface area contributed by atoms with Crippen LogP contribution in [0.3, 0.4) is 0 Å². The van der Waals surface area contributed by atoms with E-state index in [-0.39, 0.29) is 17.6 Å². The Hall–Kier alpha value is -2.15. The van der Waals surface area contributed by atoms with Gasteiger partial charge in [-0.2, -0.15) is 0 Å². The Balaban J connectivity index is 2.11. The van der Waals surface area contributed by atoms with Crippen LogP contribution in [0.25, 0.3) is 0 Å². The van der Waals surface area contributed by atoms with Gasteiger partial charge in [-0.15, -0.1) is 0 Å². The zero-order valence-electron chi connectivity index (χ0n) is 11.8. The fourth-order valence-corrected chi connectivity index (χ4v) is 2.48. The number of likely N-dealkylation sites (tertiary alicyclic amines) is 1. The van der Waals surface area contributed by atoms with Gasteiger partial charge in [-0.05, 0) is 25.8 Å². The topological polar surface area (TPSA) is 92.9 Å². The minimum atomic E-state index is -0.701. The van der Waals surface area contributed by atoms with Gasteiger partial charge < -0.3 is 14.7 Å². The zero-order chi connectivity index (χ0) is 15.4. The molecule has 0 aromatic heterocycles. The summed E-state index contributed by atoms with van der Waals surface area (Å²) in [5, 5.41) is 20.7. The van der Waals surface area contributed by atoms with Gasteiger partial charge in [0.25, 0.3) is 5.91 Å². The number of para-hydroxylation sites is 1. The van der Waals surface area contributed by atoms with E-state index in [0.717, 1.165) is 12.8 Å². The predicted octanol–water partition coefficient (Wildman–Crippen LogP) is 1.94. The highest BCUT2D eigenvalue weighted by Gasteiger charge is 2.28. The van der Waals surface area contributed by atoms with E-state index in [2.05, 4.69) is 0 Å². The Morgan fingerprint density at radius 2 is 2.14 bits per heavy atom. The molecule has 1 amide bonds. The number of nitrogens with zero attached hydrogens (tertiary/aromatic N) is 2. The lowest BCUT2D eigenvalue weighted by Gasteiger charge is -2.31. The van der Waals surface area contributed by atoms with Gasteiger partial charge >= 0.3 is 5.69 Å². The molecule has 0 spiro atoms. The first-order valence-corrected chi connectivity index (χ1v) is 6.91. The van der Waals surface area contributed by atoms with Gasteiger partial charge in [0, 0.05) is 25.8 Å². The Kier molecular flexibility index (Phi) is 4.74. The third kappa shape index (κ3) is 3.30. The minimum absolute atomic E-state index is 0.0286. The highest BCUT2D eigenvalue weighted by molar-refractivity contribution is 5.98. The number of nitro groups is 1. The van der Waals surface area contributed by atoms with Crippen LogP contribution in [-0.4, -0.2) is 46.6 Å². The fourth-order valence-electron chi connectivity index (χ4n) is 2.48. The molecule has 1 heterocycles. The number of phenolic OH excluding ortho intramolecular Hbond substituents is 1. The van der Waals surface area contributed by atoms with E-state index in [1.165, 1.54) is 18.2 Å². The summed E-state index contributed by atoms with van der Waals surface area (Å²) < 4.78 is 5.51. The highest BCUT2D eigenvalue weighted by atomic mass is 16.6. The number of rotatable bonds is 4. The van der Waals surface area contributed by atoms with Crippen molar-refractivity contribution in [3.05, 3.63) is 33.9 Å². The van der Waals surface area contributed by atoms with Crippen molar-refractivity contribution in [3.63, 3.8) is 0 Å². The maximum absolute atomic E-state index is 12.4. The van der Waals surface area contributed by atoms with Crippen LogP contribution < -0.4 is 0 Å². The standard InChI is InChI=1S/C14H18N2O5/c1-2-21-10-6-8-15(9-7-10)14(18)11-4-3-5-12(13(11)17)16(19)20/h3-5,10,17H,2,6-9H2,1H3. The summed E-state index contributed by atoms with van der Waals surface area (Å²) >= 11 is 0. The smallest absolute Gasteiger partial charge is 0.311 e. The maximum atomic E-state index is 12.4. The van der Waals surface area contributed by atoms with Crippen molar-refractivity contribution in [1.29, 1.82) is 0 Å². The number of phenols is 1. The molecule has 7 heteroatoms. The number of carbonyl (C=O) groups is 1. The SMILES string of the molecule is CCOC1CCN(C(=O)c2cccc([N+](=O)[O-])c2O)CC1. The minimum Gasteiger partial charge on any atom is -0.502 e. The number of benzene rings is 1. The molecule has 0 aliphatic carbocycles. The number of piperidine rings is 1. The number of nitro benzene ring substituents is 1. The van der Waals surface area contributed by atoms with Crippen LogP contribution in [0.5, 0.6) is 5.75 Å². The van der Waals surface area contributed by atoms with Gasteiger partial charge in [0.1, 0.15) is 0 Å². The summed E-state index contributed by atoms with van der Waals surface area (Å²) in [4.78, 5) is 24.0. The molecule has 1 aromatic carbocycles. The molecular formula is C14H18N2O5. The number of hydrogen-bond acceptors (Lipinski definition) is 5. The largest absolute Gasteiger partial charge is 0.502 e. The van der Waals surface area contributed by atoms with Crippen molar-refractivity contribution in [2.24, 2.45) is 0 Å². The summed E-state index contributed by atoms with van der Waals surface area (Å²) in [6.45, 7) is 3.61. The van der Waals surface area contributed by atoms with Crippen LogP contribution in [0.15, 0.2) is 18.2 Å². The molecule has 7 nitrogen and oxygen atoms in total. The Bertz CT molecular complexity index is 538. The van der Waals surface area contributed by atoms with E-state index < -0.39 is 16.4 Å². The monoisotopic (exact) mass is 294 g/mol. The second-order valence-corrected chi connectivity index (χ2v) is 4.88. The molecule has 0 bridgehead atoms. The average Bonchev–Trinajstić information content (AvgIpc) is 2.47. The third-order valence-corrected chi connectivity index (χ3v) is 3.57. The first-order chi connectivity index (χ1) is 10.0. The Morgan fingerprint density at radius 3 is 2.71 bits per heavy atom. The first-order valence-electron chi connectivity index (χ1n) is 6.91. The molecule has 1 fully saturated rings. The highest BCUT2D eigenvalue weighted by Crippen LogP contribution is 2.30. The Labute approximate surface area is 122 Å². The van der Waals surface area contributed by atoms with Crippen molar-refractivity contribution in [3.8, 4) is 5.75 Å². The van der Waals surface area contributed by atoms with Crippen LogP contribution in [0.4, 0.5) is 5.69 Å². The summed E-state index contributed by atoms with van der Waals surface area (Å²) in [5.74, 6) is -0.953. The summed E-state index contributed by atoms with van der Waals surface area (Å²) in [7, 11) is 0. The lowest BCUT2D eigenvalue weighted by atomic mass is 10.1. The van der Waals surface area contributed by atoms with Gasteiger partial charge in [-0.3, -0.25) is 14.9 Å². The molecule has 1 saturated heterocycles. The summed E-state index contributed by atoms with van der Waals surface area (Å²) in [6.07, 6.45) is 1.61. The second kappa shape index (κ2) is 6.53. The van der Waals surface area contributed by atoms with Crippen LogP contribution >= 0.6 is 0 Å². The van der Waals surface area contributed by atoms with Crippen LogP contribution in [0.1, 0.15) is 30.1 Å². The molecule has 1 N–H and O–H groups in total. The van der Waals surface area contributed by atoms with Gasteiger partial charge in [0.15, 0.2) is 0 Å². The van der Waals surface area contributed by atoms with Crippen LogP contribution in [0, 0.1) is 10.1 Å². The molecule has 1 aliphatic heterocycles. The normalized spacial score (nSPS) is 16.0. The number of carbonyl (C=O) groups excluding carboxylic acids is 1. The van der Waals surface area contributed by atoms with E-state index in [9.17, 15) is 20.0 Å². The van der Waals surface area contributed by atoms with Gasteiger partial charge in [0.2, 0.25) is 5.75 Å². The molecular weight excluding hydrogens is 276 g/mol. The fraction of sp³-hybridized carbons (Fsp3) is 0.500. The average molecular weight is 294 g/mol. The molecule has 21 heavy (non-hydrogen) atoms. The number of aromatic hydroxyl groups is 1. The first kappa shape index (κ1) is 15.2. The number of hydrogen-bond donors (Lipinski definition) is 1. The zero-order valence-corrected chi connectivity index (χ0v) is 11.8. The van der Waals surface area contributed by atoms with Crippen molar-refractivity contribution in [1.82, 2.24) is 4.90 Å². The lowest BCUT2D eigenvalue weighted by molar-refractivity contribution is -0.385. The molecule has 0 atom stereocenters. The number of amides is 1. The van der Waals surface area contributed by atoms with Crippen molar-refractivity contribution in [2.75, 3.05) is 19.7 Å². The van der Waals surface area contributed by atoms with E-state index in [4.69, 9.17) is 4.74 Å². The predicted molar refractivity (Wildman–Crippen MR) is 75.3 cm³/mol. The van der Waals surface area contributed by atoms with Crippen molar-refractivity contribution in [2.45, 2.75) is 25.9 Å². The van der Waals surface area contributed by atoms with E-state index in [1.54, 1.807) is 4.90 Å². The number of ether oxygens (including phenoxy) is 1. The Morgan fingerprint density at radius 1 is 1.48 bits per heavy atom. The molecule has 2 rings (SSSR count). The van der Waals surface area contributed by atoms with Gasteiger partial charge in [0.05, 0.1) is 16.6 Å². The third-order valence-electron chi connectivity index (χ3n) is 3.57. The maximum Gasteiger partial charge on any atom is 0.311 e. The quantitative estimate of drug-likeness (QED) is 0.676. The van der Waals surface area contributed by atoms with Gasteiger partial charge in [-0.1, -0.05) is 6.07 Å². The van der Waals surface area contributed by atoms with E-state index >= 15 is 0 Å². The molecule has 114 valence electrons. The molecule has 1 aliphatic rings. The second-order valence-electron chi connectivity index (χ2n) is 4.88. The van der Waals surface area contributed by atoms with Crippen molar-refractivity contribution >= 4 is 11.6 Å². The molecule has 1 aromatic rings. The molecule has 0 unspecified atom stereocenters. The van der Waals surface area contributed by atoms with E-state index in [0.29, 0.717) is 19.7 Å².